The van der Waals surface area contributed by atoms with Gasteiger partial charge in [0.25, 0.3) is 0 Å². The second-order valence-corrected chi connectivity index (χ2v) is 8.64. The van der Waals surface area contributed by atoms with E-state index in [0.717, 1.165) is 37.4 Å². The summed E-state index contributed by atoms with van der Waals surface area (Å²) < 4.78 is 51.1. The van der Waals surface area contributed by atoms with Crippen LogP contribution in [0, 0.1) is 11.3 Å². The second kappa shape index (κ2) is 9.06. The van der Waals surface area contributed by atoms with E-state index >= 15 is 0 Å². The van der Waals surface area contributed by atoms with E-state index in [0.29, 0.717) is 24.0 Å². The summed E-state index contributed by atoms with van der Waals surface area (Å²) in [5, 5.41) is 9.43. The lowest BCUT2D eigenvalue weighted by Gasteiger charge is -2.16. The van der Waals surface area contributed by atoms with Crippen LogP contribution in [0.2, 0.25) is 0 Å². The van der Waals surface area contributed by atoms with E-state index in [4.69, 9.17) is 4.74 Å². The predicted molar refractivity (Wildman–Crippen MR) is 123 cm³/mol. The lowest BCUT2D eigenvalue weighted by molar-refractivity contribution is -0.138. The Morgan fingerprint density at radius 2 is 1.94 bits per heavy atom. The minimum Gasteiger partial charge on any atom is -0.493 e. The molecule has 0 spiro atoms. The van der Waals surface area contributed by atoms with Crippen LogP contribution in [0.4, 0.5) is 13.2 Å². The first-order valence-corrected chi connectivity index (χ1v) is 11.4. The van der Waals surface area contributed by atoms with Gasteiger partial charge in [-0.05, 0) is 56.4 Å². The minimum absolute atomic E-state index is 0.0636. The third-order valence-corrected chi connectivity index (χ3v) is 6.31. The Hall–Kier alpha value is -3.87. The molecular weight excluding hydrogens is 457 g/mol. The summed E-state index contributed by atoms with van der Waals surface area (Å²) >= 11 is 0. The first-order chi connectivity index (χ1) is 16.8. The molecule has 0 fully saturated rings. The van der Waals surface area contributed by atoms with Gasteiger partial charge in [-0.15, -0.1) is 0 Å². The zero-order valence-electron chi connectivity index (χ0n) is 19.1. The molecule has 1 aliphatic rings. The highest BCUT2D eigenvalue weighted by atomic mass is 19.4. The van der Waals surface area contributed by atoms with Crippen LogP contribution in [0.5, 0.6) is 5.75 Å². The molecule has 7 nitrogen and oxygen atoms in total. The van der Waals surface area contributed by atoms with E-state index in [1.54, 1.807) is 17.7 Å². The molecule has 0 aliphatic heterocycles. The summed E-state index contributed by atoms with van der Waals surface area (Å²) in [6, 6.07) is 7.47. The van der Waals surface area contributed by atoms with Gasteiger partial charge in [-0.25, -0.2) is 15.0 Å². The lowest BCUT2D eigenvalue weighted by Crippen LogP contribution is -2.12. The molecule has 0 atom stereocenters. The maximum atomic E-state index is 13.9. The molecule has 3 heterocycles. The number of aryl methyl sites for hydroxylation is 3. The molecule has 35 heavy (non-hydrogen) atoms. The second-order valence-electron chi connectivity index (χ2n) is 8.64. The Bertz CT molecular complexity index is 1430. The average Bonchev–Trinajstić information content (AvgIpc) is 3.44. The number of pyridine rings is 1. The van der Waals surface area contributed by atoms with Crippen LogP contribution in [-0.2, 0) is 32.6 Å². The fourth-order valence-electron chi connectivity index (χ4n) is 4.53. The van der Waals surface area contributed by atoms with Crippen molar-refractivity contribution in [2.45, 2.75) is 44.8 Å². The Kier molecular flexibility index (Phi) is 5.93. The van der Waals surface area contributed by atoms with Gasteiger partial charge in [0, 0.05) is 24.8 Å². The van der Waals surface area contributed by atoms with Crippen molar-refractivity contribution in [1.82, 2.24) is 24.1 Å². The van der Waals surface area contributed by atoms with E-state index in [9.17, 15) is 18.4 Å². The van der Waals surface area contributed by atoms with Crippen molar-refractivity contribution in [2.75, 3.05) is 6.61 Å². The molecule has 0 saturated carbocycles. The first kappa shape index (κ1) is 22.9. The molecule has 1 aromatic carbocycles. The van der Waals surface area contributed by atoms with Crippen molar-refractivity contribution in [3.63, 3.8) is 0 Å². The molecule has 5 rings (SSSR count). The number of imidazole rings is 2. The largest absolute Gasteiger partial charge is 0.493 e. The van der Waals surface area contributed by atoms with Gasteiger partial charge in [-0.3, -0.25) is 0 Å². The van der Waals surface area contributed by atoms with E-state index < -0.39 is 11.7 Å². The number of hydrogen-bond donors (Lipinski definition) is 0. The Labute approximate surface area is 199 Å². The summed E-state index contributed by atoms with van der Waals surface area (Å²) in [7, 11) is 1.75. The molecule has 10 heteroatoms. The standard InChI is InChI=1S/C25H23F3N6O/c1-33-14-31-24-20(13-29)32-19(12-22(24)33)16-7-8-23(17(11-16)25(26,27)28)35-10-4-9-34-15-30-18-5-2-3-6-21(18)34/h7-8,11-12,14-15H,2-6,9-10H2,1H3. The average molecular weight is 480 g/mol. The number of rotatable bonds is 6. The number of nitriles is 1. The van der Waals surface area contributed by atoms with Crippen LogP contribution in [0.25, 0.3) is 22.3 Å². The van der Waals surface area contributed by atoms with E-state index in [-0.39, 0.29) is 29.3 Å². The molecule has 0 radical (unpaired) electrons. The summed E-state index contributed by atoms with van der Waals surface area (Å²) in [5.41, 5.74) is 3.08. The zero-order valence-corrected chi connectivity index (χ0v) is 19.1. The van der Waals surface area contributed by atoms with Crippen molar-refractivity contribution in [3.05, 3.63) is 59.6 Å². The summed E-state index contributed by atoms with van der Waals surface area (Å²) in [4.78, 5) is 12.8. The number of ether oxygens (including phenoxy) is 1. The number of hydrogen-bond acceptors (Lipinski definition) is 5. The monoisotopic (exact) mass is 480 g/mol. The molecular formula is C25H23F3N6O. The highest BCUT2D eigenvalue weighted by Crippen LogP contribution is 2.39. The summed E-state index contributed by atoms with van der Waals surface area (Å²) in [6.45, 7) is 0.792. The molecule has 0 unspecified atom stereocenters. The molecule has 180 valence electrons. The SMILES string of the molecule is Cn1cnc2c(C#N)nc(-c3ccc(OCCCn4cnc5c4CCCC5)c(C(F)(F)F)c3)cc21. The summed E-state index contributed by atoms with van der Waals surface area (Å²) in [6.07, 6.45) is 3.56. The number of benzene rings is 1. The van der Waals surface area contributed by atoms with Crippen LogP contribution < -0.4 is 4.74 Å². The maximum Gasteiger partial charge on any atom is 0.419 e. The molecule has 0 bridgehead atoms. The maximum absolute atomic E-state index is 13.9. The lowest BCUT2D eigenvalue weighted by atomic mass is 10.0. The fraction of sp³-hybridized carbons (Fsp3) is 0.360. The van der Waals surface area contributed by atoms with Gasteiger partial charge in [0.1, 0.15) is 17.3 Å². The van der Waals surface area contributed by atoms with Crippen molar-refractivity contribution < 1.29 is 17.9 Å². The highest BCUT2D eigenvalue weighted by Gasteiger charge is 2.35. The van der Waals surface area contributed by atoms with E-state index in [1.807, 2.05) is 12.4 Å². The molecule has 3 aromatic heterocycles. The predicted octanol–water partition coefficient (Wildman–Crippen LogP) is 5.07. The third kappa shape index (κ3) is 4.46. The quantitative estimate of drug-likeness (QED) is 0.360. The van der Waals surface area contributed by atoms with Gasteiger partial charge in [0.05, 0.1) is 41.7 Å². The van der Waals surface area contributed by atoms with Crippen LogP contribution >= 0.6 is 0 Å². The smallest absolute Gasteiger partial charge is 0.419 e. The van der Waals surface area contributed by atoms with Crippen LogP contribution in [0.3, 0.4) is 0 Å². The van der Waals surface area contributed by atoms with Crippen molar-refractivity contribution in [1.29, 1.82) is 5.26 Å². The van der Waals surface area contributed by atoms with Crippen molar-refractivity contribution in [3.8, 4) is 23.1 Å². The van der Waals surface area contributed by atoms with Crippen LogP contribution in [0.1, 0.15) is 41.9 Å². The van der Waals surface area contributed by atoms with E-state index in [2.05, 4.69) is 19.5 Å². The molecule has 0 amide bonds. The molecule has 0 saturated heterocycles. The number of alkyl halides is 3. The molecule has 1 aliphatic carbocycles. The molecule has 4 aromatic rings. The Balaban J connectivity index is 1.36. The topological polar surface area (TPSA) is 81.5 Å². The Morgan fingerprint density at radius 1 is 1.11 bits per heavy atom. The van der Waals surface area contributed by atoms with Gasteiger partial charge in [0.15, 0.2) is 5.69 Å². The minimum atomic E-state index is -4.61. The van der Waals surface area contributed by atoms with Gasteiger partial charge in [-0.2, -0.15) is 18.4 Å². The third-order valence-electron chi connectivity index (χ3n) is 6.31. The van der Waals surface area contributed by atoms with E-state index in [1.165, 1.54) is 24.2 Å². The fourth-order valence-corrected chi connectivity index (χ4v) is 4.53. The van der Waals surface area contributed by atoms with Gasteiger partial charge in [-0.1, -0.05) is 0 Å². The van der Waals surface area contributed by atoms with Crippen molar-refractivity contribution >= 4 is 11.0 Å². The van der Waals surface area contributed by atoms with Crippen molar-refractivity contribution in [2.24, 2.45) is 7.05 Å². The highest BCUT2D eigenvalue weighted by molar-refractivity contribution is 5.84. The molecule has 0 N–H and O–H groups in total. The first-order valence-electron chi connectivity index (χ1n) is 11.4. The number of nitrogens with zero attached hydrogens (tertiary/aromatic N) is 6. The van der Waals surface area contributed by atoms with Gasteiger partial charge >= 0.3 is 6.18 Å². The summed E-state index contributed by atoms with van der Waals surface area (Å²) in [5.74, 6) is -0.226. The number of aromatic nitrogens is 5. The Morgan fingerprint density at radius 3 is 2.74 bits per heavy atom. The zero-order chi connectivity index (χ0) is 24.6. The van der Waals surface area contributed by atoms with Gasteiger partial charge in [0.2, 0.25) is 0 Å². The normalized spacial score (nSPS) is 13.6. The van der Waals surface area contributed by atoms with Crippen LogP contribution in [0.15, 0.2) is 36.9 Å². The van der Waals surface area contributed by atoms with Crippen LogP contribution in [-0.4, -0.2) is 30.7 Å². The number of halogens is 3. The number of fused-ring (bicyclic) bond motifs is 2. The van der Waals surface area contributed by atoms with Gasteiger partial charge < -0.3 is 13.9 Å².